The normalized spacial score (nSPS) is 13.4. The van der Waals surface area contributed by atoms with Crippen LogP contribution in [0.2, 0.25) is 0 Å². The summed E-state index contributed by atoms with van der Waals surface area (Å²) in [4.78, 5) is 11.0. The van der Waals surface area contributed by atoms with E-state index in [2.05, 4.69) is 0 Å². The van der Waals surface area contributed by atoms with Gasteiger partial charge in [-0.05, 0) is 26.2 Å². The Morgan fingerprint density at radius 1 is 1.44 bits per heavy atom. The molecule has 0 unspecified atom stereocenters. The third-order valence-electron chi connectivity index (χ3n) is 2.36. The van der Waals surface area contributed by atoms with E-state index >= 15 is 0 Å². The molecule has 0 heterocycles. The highest BCUT2D eigenvalue weighted by Gasteiger charge is 2.40. The van der Waals surface area contributed by atoms with E-state index in [-0.39, 0.29) is 12.5 Å². The molecule has 0 atom stereocenters. The third-order valence-corrected chi connectivity index (χ3v) is 3.62. The summed E-state index contributed by atoms with van der Waals surface area (Å²) in [6, 6.07) is 0. The van der Waals surface area contributed by atoms with Crippen LogP contribution in [0.1, 0.15) is 34.1 Å². The fourth-order valence-electron chi connectivity index (χ4n) is 1.21. The molecule has 6 nitrogen and oxygen atoms in total. The van der Waals surface area contributed by atoms with Crippen LogP contribution in [0.15, 0.2) is 0 Å². The smallest absolute Gasteiger partial charge is 0.324 e. The van der Waals surface area contributed by atoms with Crippen molar-refractivity contribution in [1.29, 1.82) is 0 Å². The Morgan fingerprint density at radius 2 is 1.88 bits per heavy atom. The summed E-state index contributed by atoms with van der Waals surface area (Å²) in [7, 11) is -4.01. The minimum Gasteiger partial charge on any atom is -0.480 e. The van der Waals surface area contributed by atoms with Crippen molar-refractivity contribution >= 4 is 16.2 Å². The molecule has 0 rings (SSSR count). The Labute approximate surface area is 96.6 Å². The van der Waals surface area contributed by atoms with Gasteiger partial charge in [0.25, 0.3) is 10.2 Å². The molecule has 0 saturated heterocycles. The average Bonchev–Trinajstić information content (AvgIpc) is 1.99. The van der Waals surface area contributed by atoms with Gasteiger partial charge in [0, 0.05) is 6.54 Å². The molecule has 0 aromatic rings. The number of carboxylic acid groups (broad SMARTS) is 1. The molecule has 0 aromatic carbocycles. The minimum atomic E-state index is -4.01. The van der Waals surface area contributed by atoms with Crippen LogP contribution >= 0.6 is 0 Å². The van der Waals surface area contributed by atoms with Gasteiger partial charge in [-0.15, -0.1) is 0 Å². The van der Waals surface area contributed by atoms with Crippen LogP contribution in [-0.2, 0) is 15.0 Å². The zero-order chi connectivity index (χ0) is 13.1. The molecule has 0 fully saturated rings. The SMILES string of the molecule is CC(C)CCN(C(C)(C)C(=O)O)S(N)(=O)=O. The average molecular weight is 252 g/mol. The summed E-state index contributed by atoms with van der Waals surface area (Å²) in [5, 5.41) is 14.0. The van der Waals surface area contributed by atoms with Gasteiger partial charge in [-0.3, -0.25) is 4.79 Å². The number of hydrogen-bond acceptors (Lipinski definition) is 3. The van der Waals surface area contributed by atoms with E-state index in [1.165, 1.54) is 13.8 Å². The van der Waals surface area contributed by atoms with Crippen molar-refractivity contribution < 1.29 is 18.3 Å². The van der Waals surface area contributed by atoms with Crippen molar-refractivity contribution in [3.05, 3.63) is 0 Å². The second-order valence-electron chi connectivity index (χ2n) is 4.66. The highest BCUT2D eigenvalue weighted by molar-refractivity contribution is 7.86. The van der Waals surface area contributed by atoms with Crippen molar-refractivity contribution in [2.75, 3.05) is 6.54 Å². The van der Waals surface area contributed by atoms with E-state index in [1.54, 1.807) is 0 Å². The standard InChI is InChI=1S/C9H20N2O4S/c1-7(2)5-6-11(16(10,14)15)9(3,4)8(12)13/h7H,5-6H2,1-4H3,(H,12,13)(H2,10,14,15). The molecule has 16 heavy (non-hydrogen) atoms. The largest absolute Gasteiger partial charge is 0.480 e. The van der Waals surface area contributed by atoms with Crippen molar-refractivity contribution in [1.82, 2.24) is 4.31 Å². The molecular weight excluding hydrogens is 232 g/mol. The monoisotopic (exact) mass is 252 g/mol. The van der Waals surface area contributed by atoms with Gasteiger partial charge in [0.1, 0.15) is 5.54 Å². The van der Waals surface area contributed by atoms with Crippen LogP contribution < -0.4 is 5.14 Å². The molecule has 3 N–H and O–H groups in total. The van der Waals surface area contributed by atoms with E-state index in [0.29, 0.717) is 6.42 Å². The predicted molar refractivity (Wildman–Crippen MR) is 61.0 cm³/mol. The first-order valence-corrected chi connectivity index (χ1v) is 6.54. The summed E-state index contributed by atoms with van der Waals surface area (Å²) < 4.78 is 23.5. The second-order valence-corrected chi connectivity index (χ2v) is 6.13. The van der Waals surface area contributed by atoms with Gasteiger partial charge in [0.05, 0.1) is 0 Å². The highest BCUT2D eigenvalue weighted by atomic mass is 32.2. The molecule has 0 aliphatic heterocycles. The maximum Gasteiger partial charge on any atom is 0.324 e. The van der Waals surface area contributed by atoms with Crippen LogP contribution in [0.25, 0.3) is 0 Å². The number of nitrogens with two attached hydrogens (primary N) is 1. The Balaban J connectivity index is 5.05. The first-order valence-electron chi connectivity index (χ1n) is 5.03. The number of carboxylic acids is 1. The molecule has 0 aliphatic rings. The third kappa shape index (κ3) is 4.07. The Bertz CT molecular complexity index is 349. The zero-order valence-electron chi connectivity index (χ0n) is 10.1. The first-order chi connectivity index (χ1) is 6.99. The second kappa shape index (κ2) is 5.11. The molecule has 0 saturated carbocycles. The van der Waals surface area contributed by atoms with Gasteiger partial charge in [0.2, 0.25) is 0 Å². The minimum absolute atomic E-state index is 0.107. The first kappa shape index (κ1) is 15.3. The van der Waals surface area contributed by atoms with Gasteiger partial charge in [-0.1, -0.05) is 13.8 Å². The number of carbonyl (C=O) groups is 1. The topological polar surface area (TPSA) is 101 Å². The molecule has 0 spiro atoms. The maximum atomic E-state index is 11.3. The van der Waals surface area contributed by atoms with E-state index in [9.17, 15) is 13.2 Å². The zero-order valence-corrected chi connectivity index (χ0v) is 10.9. The summed E-state index contributed by atoms with van der Waals surface area (Å²) >= 11 is 0. The maximum absolute atomic E-state index is 11.3. The van der Waals surface area contributed by atoms with Gasteiger partial charge < -0.3 is 5.11 Å². The van der Waals surface area contributed by atoms with E-state index < -0.39 is 21.7 Å². The summed E-state index contributed by atoms with van der Waals surface area (Å²) in [5.74, 6) is -0.945. The van der Waals surface area contributed by atoms with Gasteiger partial charge in [0.15, 0.2) is 0 Å². The van der Waals surface area contributed by atoms with E-state index in [1.807, 2.05) is 13.8 Å². The molecule has 0 aliphatic carbocycles. The fraction of sp³-hybridized carbons (Fsp3) is 0.889. The van der Waals surface area contributed by atoms with Crippen LogP contribution in [-0.4, -0.2) is 35.9 Å². The van der Waals surface area contributed by atoms with Crippen LogP contribution in [0, 0.1) is 5.92 Å². The lowest BCUT2D eigenvalue weighted by molar-refractivity contribution is -0.146. The summed E-state index contributed by atoms with van der Waals surface area (Å²) in [6.45, 7) is 6.60. The predicted octanol–water partition coefficient (Wildman–Crippen LogP) is 0.401. The van der Waals surface area contributed by atoms with Gasteiger partial charge >= 0.3 is 5.97 Å². The van der Waals surface area contributed by atoms with Crippen LogP contribution in [0.5, 0.6) is 0 Å². The highest BCUT2D eigenvalue weighted by Crippen LogP contribution is 2.19. The number of nitrogens with zero attached hydrogens (tertiary/aromatic N) is 1. The number of hydrogen-bond donors (Lipinski definition) is 2. The molecule has 0 bridgehead atoms. The van der Waals surface area contributed by atoms with E-state index in [4.69, 9.17) is 10.2 Å². The summed E-state index contributed by atoms with van der Waals surface area (Å²) in [5.41, 5.74) is -1.53. The lowest BCUT2D eigenvalue weighted by atomic mass is 10.0. The van der Waals surface area contributed by atoms with Gasteiger partial charge in [-0.25, -0.2) is 5.14 Å². The van der Waals surface area contributed by atoms with Crippen molar-refractivity contribution in [3.63, 3.8) is 0 Å². The van der Waals surface area contributed by atoms with Crippen molar-refractivity contribution in [3.8, 4) is 0 Å². The van der Waals surface area contributed by atoms with E-state index in [0.717, 1.165) is 4.31 Å². The van der Waals surface area contributed by atoms with Crippen LogP contribution in [0.4, 0.5) is 0 Å². The summed E-state index contributed by atoms with van der Waals surface area (Å²) in [6.07, 6.45) is 0.563. The molecular formula is C9H20N2O4S. The lowest BCUT2D eigenvalue weighted by Crippen LogP contribution is -2.55. The lowest BCUT2D eigenvalue weighted by Gasteiger charge is -2.32. The van der Waals surface area contributed by atoms with Gasteiger partial charge in [-0.2, -0.15) is 12.7 Å². The van der Waals surface area contributed by atoms with Crippen molar-refractivity contribution in [2.45, 2.75) is 39.7 Å². The molecule has 0 radical (unpaired) electrons. The van der Waals surface area contributed by atoms with Crippen LogP contribution in [0.3, 0.4) is 0 Å². The Hall–Kier alpha value is -0.660. The quantitative estimate of drug-likeness (QED) is 0.714. The molecule has 96 valence electrons. The number of rotatable bonds is 6. The Morgan fingerprint density at radius 3 is 2.12 bits per heavy atom. The molecule has 7 heteroatoms. The Kier molecular flexibility index (Phi) is 4.90. The molecule has 0 amide bonds. The molecule has 0 aromatic heterocycles. The fourth-order valence-corrected chi connectivity index (χ4v) is 2.28. The number of aliphatic carboxylic acids is 1. The van der Waals surface area contributed by atoms with Crippen molar-refractivity contribution in [2.24, 2.45) is 11.1 Å².